The van der Waals surface area contributed by atoms with Gasteiger partial charge in [-0.15, -0.1) is 0 Å². The summed E-state index contributed by atoms with van der Waals surface area (Å²) in [6, 6.07) is 30.8. The fraction of sp³-hybridized carbons (Fsp3) is 0.333. The van der Waals surface area contributed by atoms with Gasteiger partial charge in [-0.25, -0.2) is 9.97 Å². The Kier molecular flexibility index (Phi) is 11.9. The molecule has 0 spiro atoms. The lowest BCUT2D eigenvalue weighted by Gasteiger charge is -2.38. The number of hydrogen-bond acceptors (Lipinski definition) is 4. The first kappa shape index (κ1) is 41.1. The molecule has 2 aromatic heterocycles. The van der Waals surface area contributed by atoms with Crippen molar-refractivity contribution in [1.82, 2.24) is 28.9 Å². The summed E-state index contributed by atoms with van der Waals surface area (Å²) in [6.45, 7) is 9.97. The summed E-state index contributed by atoms with van der Waals surface area (Å²) in [4.78, 5) is 39.7. The number of rotatable bonds is 6. The molecule has 0 bridgehead atoms. The van der Waals surface area contributed by atoms with E-state index in [4.69, 9.17) is 0 Å². The van der Waals surface area contributed by atoms with Crippen LogP contribution in [0.2, 0.25) is 0 Å². The predicted octanol–water partition coefficient (Wildman–Crippen LogP) is 10.1. The highest BCUT2D eigenvalue weighted by atomic mass is 16.2. The highest BCUT2D eigenvalue weighted by Gasteiger charge is 2.33. The van der Waals surface area contributed by atoms with Crippen molar-refractivity contribution in [2.45, 2.75) is 104 Å². The van der Waals surface area contributed by atoms with Crippen LogP contribution in [0.3, 0.4) is 0 Å². The molecule has 2 aliphatic heterocycles. The standard InChI is InChI=1S/2C27H29N3O/c2*1-19-14-21(9-12-26(19)29-17-20(2)28-18-29)15-24-8-5-13-30(27(24)31)25-11-10-22-6-3-4-7-23(22)16-25/h2*3-4,6-7,9,12,14-15,17-18,25H,5,8,10-11,13,16H2,1-2H3/b2*24-15+/t2*25-/m10/s1. The Morgan fingerprint density at radius 3 is 1.34 bits per heavy atom. The molecule has 0 radical (unpaired) electrons. The summed E-state index contributed by atoms with van der Waals surface area (Å²) in [5.41, 5.74) is 16.4. The molecule has 8 nitrogen and oxygen atoms in total. The SMILES string of the molecule is Cc1cn(-c2ccc(/C=C3\CCCN([C@@H]4CCc5ccccc5C4)C3=O)cc2C)cn1.Cc1cn(-c2ccc(/C=C3\CCCN([C@H]4CCc5ccccc5C4)C3=O)cc2C)cn1. The third-order valence-corrected chi connectivity index (χ3v) is 13.4. The van der Waals surface area contributed by atoms with Gasteiger partial charge in [-0.05, 0) is 173 Å². The van der Waals surface area contributed by atoms with Crippen LogP contribution in [0.15, 0.2) is 121 Å². The number of imidazole rings is 2. The Bertz CT molecular complexity index is 2500. The Morgan fingerprint density at radius 2 is 0.952 bits per heavy atom. The largest absolute Gasteiger partial charge is 0.336 e. The topological polar surface area (TPSA) is 76.3 Å². The molecule has 2 atom stereocenters. The van der Waals surface area contributed by atoms with Crippen molar-refractivity contribution < 1.29 is 9.59 Å². The number of aryl methyl sites for hydroxylation is 6. The van der Waals surface area contributed by atoms with Crippen LogP contribution in [0, 0.1) is 27.7 Å². The first-order valence-electron chi connectivity index (χ1n) is 22.6. The Labute approximate surface area is 366 Å². The van der Waals surface area contributed by atoms with Crippen LogP contribution in [0.5, 0.6) is 0 Å². The second-order valence-corrected chi connectivity index (χ2v) is 17.8. The molecule has 4 heterocycles. The molecule has 0 N–H and O–H groups in total. The zero-order valence-corrected chi connectivity index (χ0v) is 36.7. The zero-order chi connectivity index (χ0) is 42.7. The Hall–Kier alpha value is -6.28. The van der Waals surface area contributed by atoms with E-state index in [0.29, 0.717) is 12.1 Å². The molecule has 10 rings (SSSR count). The van der Waals surface area contributed by atoms with Crippen molar-refractivity contribution in [2.75, 3.05) is 13.1 Å². The molecule has 2 amide bonds. The Balaban J connectivity index is 0.000000158. The number of fused-ring (bicyclic) bond motifs is 2. The molecule has 8 heteroatoms. The second-order valence-electron chi connectivity index (χ2n) is 17.8. The van der Waals surface area contributed by atoms with Crippen molar-refractivity contribution in [3.05, 3.63) is 177 Å². The highest BCUT2D eigenvalue weighted by Crippen LogP contribution is 2.32. The van der Waals surface area contributed by atoms with E-state index in [9.17, 15) is 9.59 Å². The normalized spacial score (nSPS) is 20.2. The number of amides is 2. The molecular formula is C54H58N6O2. The first-order valence-corrected chi connectivity index (χ1v) is 22.6. The van der Waals surface area contributed by atoms with E-state index in [-0.39, 0.29) is 11.8 Å². The van der Waals surface area contributed by atoms with E-state index in [1.807, 2.05) is 38.9 Å². The summed E-state index contributed by atoms with van der Waals surface area (Å²) in [7, 11) is 0. The molecule has 2 saturated heterocycles. The van der Waals surface area contributed by atoms with Crippen LogP contribution in [0.1, 0.15) is 94.4 Å². The lowest BCUT2D eigenvalue weighted by atomic mass is 9.86. The number of hydrogen-bond donors (Lipinski definition) is 0. The van der Waals surface area contributed by atoms with Crippen molar-refractivity contribution in [3.8, 4) is 11.4 Å². The summed E-state index contributed by atoms with van der Waals surface area (Å²) < 4.78 is 4.10. The molecule has 4 aliphatic rings. The molecule has 2 aliphatic carbocycles. The van der Waals surface area contributed by atoms with E-state index in [2.05, 4.69) is 140 Å². The minimum absolute atomic E-state index is 0.225. The van der Waals surface area contributed by atoms with Gasteiger partial charge in [0.2, 0.25) is 11.8 Å². The maximum atomic E-state index is 13.4. The fourth-order valence-electron chi connectivity index (χ4n) is 10.1. The van der Waals surface area contributed by atoms with Gasteiger partial charge in [-0.2, -0.15) is 0 Å². The number of carbonyl (C=O) groups excluding carboxylic acids is 2. The van der Waals surface area contributed by atoms with E-state index >= 15 is 0 Å². The third kappa shape index (κ3) is 8.87. The summed E-state index contributed by atoms with van der Waals surface area (Å²) in [5, 5.41) is 0. The smallest absolute Gasteiger partial charge is 0.250 e. The van der Waals surface area contributed by atoms with E-state index in [1.165, 1.54) is 33.4 Å². The van der Waals surface area contributed by atoms with Crippen LogP contribution in [-0.4, -0.2) is 65.9 Å². The van der Waals surface area contributed by atoms with Crippen LogP contribution in [0.25, 0.3) is 23.5 Å². The number of benzene rings is 4. The highest BCUT2D eigenvalue weighted by molar-refractivity contribution is 5.99. The molecule has 2 fully saturated rings. The molecule has 0 saturated carbocycles. The van der Waals surface area contributed by atoms with E-state index in [0.717, 1.165) is 122 Å². The lowest BCUT2D eigenvalue weighted by Crippen LogP contribution is -2.46. The first-order chi connectivity index (χ1) is 30.2. The molecular weight excluding hydrogens is 765 g/mol. The third-order valence-electron chi connectivity index (χ3n) is 13.4. The van der Waals surface area contributed by atoms with Gasteiger partial charge in [0, 0.05) is 60.1 Å². The van der Waals surface area contributed by atoms with Crippen LogP contribution >= 0.6 is 0 Å². The second kappa shape index (κ2) is 18.0. The molecule has 316 valence electrons. The number of piperidine rings is 2. The lowest BCUT2D eigenvalue weighted by molar-refractivity contribution is -0.132. The van der Waals surface area contributed by atoms with Crippen LogP contribution < -0.4 is 0 Å². The van der Waals surface area contributed by atoms with Crippen molar-refractivity contribution in [1.29, 1.82) is 0 Å². The summed E-state index contributed by atoms with van der Waals surface area (Å²) in [5.74, 6) is 0.449. The zero-order valence-electron chi connectivity index (χ0n) is 36.7. The van der Waals surface area contributed by atoms with Gasteiger partial charge in [0.25, 0.3) is 0 Å². The minimum Gasteiger partial charge on any atom is -0.336 e. The van der Waals surface area contributed by atoms with Crippen LogP contribution in [0.4, 0.5) is 0 Å². The van der Waals surface area contributed by atoms with Gasteiger partial charge < -0.3 is 18.9 Å². The average Bonchev–Trinajstić information content (AvgIpc) is 3.92. The maximum absolute atomic E-state index is 13.4. The van der Waals surface area contributed by atoms with Crippen molar-refractivity contribution >= 4 is 24.0 Å². The predicted molar refractivity (Wildman–Crippen MR) is 248 cm³/mol. The van der Waals surface area contributed by atoms with E-state index in [1.54, 1.807) is 0 Å². The number of carbonyl (C=O) groups is 2. The molecule has 6 aromatic rings. The van der Waals surface area contributed by atoms with Gasteiger partial charge in [0.15, 0.2) is 0 Å². The average molecular weight is 823 g/mol. The summed E-state index contributed by atoms with van der Waals surface area (Å²) in [6.07, 6.45) is 22.0. The number of nitrogens with zero attached hydrogens (tertiary/aromatic N) is 6. The fourth-order valence-corrected chi connectivity index (χ4v) is 10.1. The number of likely N-dealkylation sites (tertiary alicyclic amines) is 2. The van der Waals surface area contributed by atoms with Gasteiger partial charge >= 0.3 is 0 Å². The van der Waals surface area contributed by atoms with Gasteiger partial charge in [-0.1, -0.05) is 60.7 Å². The van der Waals surface area contributed by atoms with Crippen LogP contribution in [-0.2, 0) is 35.3 Å². The van der Waals surface area contributed by atoms with Gasteiger partial charge in [-0.3, -0.25) is 9.59 Å². The number of aromatic nitrogens is 4. The van der Waals surface area contributed by atoms with Gasteiger partial charge in [0.05, 0.1) is 24.0 Å². The molecule has 62 heavy (non-hydrogen) atoms. The monoisotopic (exact) mass is 822 g/mol. The Morgan fingerprint density at radius 1 is 0.532 bits per heavy atom. The minimum atomic E-state index is 0.225. The quantitative estimate of drug-likeness (QED) is 0.157. The summed E-state index contributed by atoms with van der Waals surface area (Å²) >= 11 is 0. The van der Waals surface area contributed by atoms with E-state index < -0.39 is 0 Å². The van der Waals surface area contributed by atoms with Crippen molar-refractivity contribution in [3.63, 3.8) is 0 Å². The van der Waals surface area contributed by atoms with Gasteiger partial charge in [0.1, 0.15) is 0 Å². The molecule has 0 unspecified atom stereocenters. The maximum Gasteiger partial charge on any atom is 0.250 e. The van der Waals surface area contributed by atoms with Crippen molar-refractivity contribution in [2.24, 2.45) is 0 Å². The molecule has 4 aromatic carbocycles.